The Labute approximate surface area is 196 Å². The Balaban J connectivity index is 1.44. The number of benzene rings is 2. The molecule has 0 N–H and O–H groups in total. The Morgan fingerprint density at radius 1 is 1.09 bits per heavy atom. The molecule has 0 spiro atoms. The molecule has 2 aromatic carbocycles. The highest BCUT2D eigenvalue weighted by Crippen LogP contribution is 2.33. The van der Waals surface area contributed by atoms with Crippen LogP contribution in [0.1, 0.15) is 18.9 Å². The minimum absolute atomic E-state index is 0.0360. The zero-order valence-electron chi connectivity index (χ0n) is 18.5. The standard InChI is InChI=1S/C24H26FN5O2S/c1-17(22(31)29-11-5-7-18-6-2-3-10-21(18)29)33-24-27-26-23(28-12-14-32-15-13-28)30(24)20-9-4-8-19(25)16-20/h2-4,6,8-10,16-17H,5,7,11-15H2,1H3. The van der Waals surface area contributed by atoms with Crippen LogP contribution in [0, 0.1) is 5.82 Å². The second kappa shape index (κ2) is 9.52. The fourth-order valence-corrected chi connectivity index (χ4v) is 5.26. The average Bonchev–Trinajstić information content (AvgIpc) is 3.27. The normalized spacial score (nSPS) is 17.0. The Bertz CT molecular complexity index is 1150. The third kappa shape index (κ3) is 4.47. The van der Waals surface area contributed by atoms with Crippen LogP contribution in [0.4, 0.5) is 16.0 Å². The number of para-hydroxylation sites is 1. The Hall–Kier alpha value is -2.91. The van der Waals surface area contributed by atoms with Crippen molar-refractivity contribution in [3.63, 3.8) is 0 Å². The molecule has 9 heteroatoms. The van der Waals surface area contributed by atoms with Gasteiger partial charge in [-0.1, -0.05) is 36.0 Å². The zero-order chi connectivity index (χ0) is 22.8. The van der Waals surface area contributed by atoms with Crippen molar-refractivity contribution in [2.75, 3.05) is 42.6 Å². The summed E-state index contributed by atoms with van der Waals surface area (Å²) < 4.78 is 21.4. The quantitative estimate of drug-likeness (QED) is 0.533. The van der Waals surface area contributed by atoms with Crippen molar-refractivity contribution in [3.8, 4) is 5.69 Å². The van der Waals surface area contributed by atoms with Gasteiger partial charge in [-0.05, 0) is 49.6 Å². The van der Waals surface area contributed by atoms with Crippen LogP contribution in [-0.4, -0.2) is 58.8 Å². The van der Waals surface area contributed by atoms with Crippen molar-refractivity contribution >= 4 is 29.3 Å². The Morgan fingerprint density at radius 3 is 2.73 bits per heavy atom. The third-order valence-electron chi connectivity index (χ3n) is 5.98. The van der Waals surface area contributed by atoms with Crippen LogP contribution >= 0.6 is 11.8 Å². The smallest absolute Gasteiger partial charge is 0.240 e. The number of morpholine rings is 1. The maximum Gasteiger partial charge on any atom is 0.240 e. The Kier molecular flexibility index (Phi) is 6.32. The van der Waals surface area contributed by atoms with Crippen molar-refractivity contribution < 1.29 is 13.9 Å². The summed E-state index contributed by atoms with van der Waals surface area (Å²) in [6, 6.07) is 14.4. The fourth-order valence-electron chi connectivity index (χ4n) is 4.34. The first kappa shape index (κ1) is 21.9. The lowest BCUT2D eigenvalue weighted by molar-refractivity contribution is -0.117. The number of amides is 1. The summed E-state index contributed by atoms with van der Waals surface area (Å²) in [4.78, 5) is 17.4. The summed E-state index contributed by atoms with van der Waals surface area (Å²) in [6.45, 7) is 5.15. The van der Waals surface area contributed by atoms with Gasteiger partial charge in [-0.25, -0.2) is 4.39 Å². The highest BCUT2D eigenvalue weighted by molar-refractivity contribution is 8.00. The van der Waals surface area contributed by atoms with Crippen molar-refractivity contribution in [1.82, 2.24) is 14.8 Å². The minimum atomic E-state index is -0.384. The molecule has 0 bridgehead atoms. The zero-order valence-corrected chi connectivity index (χ0v) is 19.3. The molecule has 7 nitrogen and oxygen atoms in total. The van der Waals surface area contributed by atoms with E-state index in [0.717, 1.165) is 18.5 Å². The van der Waals surface area contributed by atoms with E-state index in [1.54, 1.807) is 6.07 Å². The Morgan fingerprint density at radius 2 is 1.91 bits per heavy atom. The van der Waals surface area contributed by atoms with Gasteiger partial charge in [0.1, 0.15) is 5.82 Å². The predicted octanol–water partition coefficient (Wildman–Crippen LogP) is 3.70. The van der Waals surface area contributed by atoms with E-state index in [2.05, 4.69) is 21.2 Å². The molecule has 1 fully saturated rings. The highest BCUT2D eigenvalue weighted by atomic mass is 32.2. The van der Waals surface area contributed by atoms with Gasteiger partial charge in [-0.3, -0.25) is 9.36 Å². The van der Waals surface area contributed by atoms with Gasteiger partial charge in [0.2, 0.25) is 11.9 Å². The number of ether oxygens (including phenoxy) is 1. The fraction of sp³-hybridized carbons (Fsp3) is 0.375. The number of hydrogen-bond acceptors (Lipinski definition) is 6. The molecule has 5 rings (SSSR count). The molecule has 3 aromatic rings. The number of anilines is 2. The van der Waals surface area contributed by atoms with Gasteiger partial charge < -0.3 is 14.5 Å². The van der Waals surface area contributed by atoms with Gasteiger partial charge in [0.25, 0.3) is 0 Å². The van der Waals surface area contributed by atoms with E-state index in [0.29, 0.717) is 49.6 Å². The number of carbonyl (C=O) groups is 1. The summed E-state index contributed by atoms with van der Waals surface area (Å²) in [5, 5.41) is 9.01. The van der Waals surface area contributed by atoms with Gasteiger partial charge in [0.15, 0.2) is 5.16 Å². The number of hydrogen-bond donors (Lipinski definition) is 0. The molecule has 172 valence electrons. The first-order valence-corrected chi connectivity index (χ1v) is 12.1. The summed E-state index contributed by atoms with van der Waals surface area (Å²) in [7, 11) is 0. The number of fused-ring (bicyclic) bond motifs is 1. The number of nitrogens with zero attached hydrogens (tertiary/aromatic N) is 5. The first-order chi connectivity index (χ1) is 16.1. The maximum atomic E-state index is 14.1. The predicted molar refractivity (Wildman–Crippen MR) is 127 cm³/mol. The molecular formula is C24H26FN5O2S. The summed E-state index contributed by atoms with van der Waals surface area (Å²) >= 11 is 1.35. The van der Waals surface area contributed by atoms with Gasteiger partial charge in [-0.2, -0.15) is 0 Å². The van der Waals surface area contributed by atoms with Crippen LogP contribution in [0.25, 0.3) is 5.69 Å². The second-order valence-corrected chi connectivity index (χ2v) is 9.49. The largest absolute Gasteiger partial charge is 0.378 e. The maximum absolute atomic E-state index is 14.1. The number of thioether (sulfide) groups is 1. The topological polar surface area (TPSA) is 63.5 Å². The first-order valence-electron chi connectivity index (χ1n) is 11.2. The highest BCUT2D eigenvalue weighted by Gasteiger charge is 2.29. The summed E-state index contributed by atoms with van der Waals surface area (Å²) in [6.07, 6.45) is 1.93. The van der Waals surface area contributed by atoms with E-state index in [-0.39, 0.29) is 17.0 Å². The lowest BCUT2D eigenvalue weighted by Gasteiger charge is -2.31. The van der Waals surface area contributed by atoms with Gasteiger partial charge in [0, 0.05) is 25.3 Å². The van der Waals surface area contributed by atoms with Crippen molar-refractivity contribution in [2.24, 2.45) is 0 Å². The van der Waals surface area contributed by atoms with E-state index >= 15 is 0 Å². The summed E-state index contributed by atoms with van der Waals surface area (Å²) in [5.74, 6) is 0.336. The molecule has 1 aromatic heterocycles. The monoisotopic (exact) mass is 467 g/mol. The lowest BCUT2D eigenvalue weighted by atomic mass is 10.0. The molecule has 0 saturated carbocycles. The van der Waals surface area contributed by atoms with E-state index < -0.39 is 0 Å². The molecular weight excluding hydrogens is 441 g/mol. The van der Waals surface area contributed by atoms with Gasteiger partial charge in [0.05, 0.1) is 24.2 Å². The van der Waals surface area contributed by atoms with Crippen molar-refractivity contribution in [3.05, 3.63) is 59.9 Å². The van der Waals surface area contributed by atoms with E-state index in [1.165, 1.54) is 29.5 Å². The molecule has 1 amide bonds. The number of aryl methyl sites for hydroxylation is 1. The van der Waals surface area contributed by atoms with Crippen molar-refractivity contribution in [1.29, 1.82) is 0 Å². The molecule has 1 saturated heterocycles. The number of rotatable bonds is 5. The minimum Gasteiger partial charge on any atom is -0.378 e. The lowest BCUT2D eigenvalue weighted by Crippen LogP contribution is -2.40. The van der Waals surface area contributed by atoms with Crippen LogP contribution in [-0.2, 0) is 16.0 Å². The summed E-state index contributed by atoms with van der Waals surface area (Å²) in [5.41, 5.74) is 2.82. The molecule has 1 unspecified atom stereocenters. The third-order valence-corrected chi connectivity index (χ3v) is 7.01. The van der Waals surface area contributed by atoms with E-state index in [1.807, 2.05) is 40.7 Å². The average molecular weight is 468 g/mol. The molecule has 0 aliphatic carbocycles. The van der Waals surface area contributed by atoms with Crippen LogP contribution in [0.2, 0.25) is 0 Å². The number of halogens is 1. The van der Waals surface area contributed by atoms with Crippen molar-refractivity contribution in [2.45, 2.75) is 30.2 Å². The molecule has 33 heavy (non-hydrogen) atoms. The molecule has 2 aliphatic rings. The second-order valence-electron chi connectivity index (χ2n) is 8.18. The van der Waals surface area contributed by atoms with Crippen LogP contribution in [0.15, 0.2) is 53.7 Å². The van der Waals surface area contributed by atoms with Crippen LogP contribution in [0.5, 0.6) is 0 Å². The SMILES string of the molecule is CC(Sc1nnc(N2CCOCC2)n1-c1cccc(F)c1)C(=O)N1CCCc2ccccc21. The molecule has 2 aliphatic heterocycles. The van der Waals surface area contributed by atoms with E-state index in [4.69, 9.17) is 4.74 Å². The van der Waals surface area contributed by atoms with E-state index in [9.17, 15) is 9.18 Å². The molecule has 3 heterocycles. The van der Waals surface area contributed by atoms with Gasteiger partial charge in [-0.15, -0.1) is 10.2 Å². The number of aromatic nitrogens is 3. The number of carbonyl (C=O) groups excluding carboxylic acids is 1. The van der Waals surface area contributed by atoms with Crippen LogP contribution in [0.3, 0.4) is 0 Å². The molecule has 1 atom stereocenters. The van der Waals surface area contributed by atoms with Crippen LogP contribution < -0.4 is 9.80 Å². The van der Waals surface area contributed by atoms with Gasteiger partial charge >= 0.3 is 0 Å². The molecule has 0 radical (unpaired) electrons.